The van der Waals surface area contributed by atoms with Crippen molar-refractivity contribution in [1.82, 2.24) is 9.88 Å². The SMILES string of the molecule is CCOc1ccc(-c2nc(CN3CCC(N)C(C)(C)C3)cs2)cc1OC. The number of nitrogens with two attached hydrogens (primary N) is 1. The average Bonchev–Trinajstić information content (AvgIpc) is 3.07. The number of hydrogen-bond acceptors (Lipinski definition) is 6. The van der Waals surface area contributed by atoms with Gasteiger partial charge in [0.15, 0.2) is 11.5 Å². The van der Waals surface area contributed by atoms with Crippen LogP contribution in [0.15, 0.2) is 23.6 Å². The second kappa shape index (κ2) is 7.94. The topological polar surface area (TPSA) is 60.6 Å². The van der Waals surface area contributed by atoms with E-state index >= 15 is 0 Å². The lowest BCUT2D eigenvalue weighted by atomic mass is 9.80. The summed E-state index contributed by atoms with van der Waals surface area (Å²) in [7, 11) is 1.66. The molecule has 2 N–H and O–H groups in total. The summed E-state index contributed by atoms with van der Waals surface area (Å²) in [5.74, 6) is 1.51. The van der Waals surface area contributed by atoms with E-state index in [1.54, 1.807) is 18.4 Å². The first kappa shape index (κ1) is 19.1. The fourth-order valence-corrected chi connectivity index (χ4v) is 4.24. The van der Waals surface area contributed by atoms with Crippen LogP contribution in [0.5, 0.6) is 11.5 Å². The van der Waals surface area contributed by atoms with E-state index in [0.29, 0.717) is 6.61 Å². The highest BCUT2D eigenvalue weighted by Crippen LogP contribution is 2.34. The maximum atomic E-state index is 6.25. The van der Waals surface area contributed by atoms with Gasteiger partial charge in [-0.3, -0.25) is 4.90 Å². The van der Waals surface area contributed by atoms with Crippen molar-refractivity contribution in [2.24, 2.45) is 11.1 Å². The number of piperidine rings is 1. The molecule has 1 saturated heterocycles. The van der Waals surface area contributed by atoms with Crippen LogP contribution in [-0.4, -0.2) is 42.7 Å². The maximum absolute atomic E-state index is 6.25. The molecule has 26 heavy (non-hydrogen) atoms. The second-order valence-electron chi connectivity index (χ2n) is 7.54. The molecule has 0 spiro atoms. The Bertz CT molecular complexity index is 744. The van der Waals surface area contributed by atoms with E-state index in [1.165, 1.54) is 0 Å². The summed E-state index contributed by atoms with van der Waals surface area (Å²) >= 11 is 1.67. The normalized spacial score (nSPS) is 20.1. The molecule has 5 nitrogen and oxygen atoms in total. The Kier molecular flexibility index (Phi) is 5.85. The summed E-state index contributed by atoms with van der Waals surface area (Å²) in [6, 6.07) is 6.27. The Balaban J connectivity index is 1.72. The van der Waals surface area contributed by atoms with Crippen LogP contribution in [0.25, 0.3) is 10.6 Å². The number of hydrogen-bond donors (Lipinski definition) is 1. The zero-order valence-electron chi connectivity index (χ0n) is 16.1. The lowest BCUT2D eigenvalue weighted by molar-refractivity contribution is 0.0891. The summed E-state index contributed by atoms with van der Waals surface area (Å²) in [6.45, 7) is 10.0. The summed E-state index contributed by atoms with van der Waals surface area (Å²) < 4.78 is 11.0. The largest absolute Gasteiger partial charge is 0.493 e. The molecule has 142 valence electrons. The molecule has 1 atom stereocenters. The molecule has 2 heterocycles. The van der Waals surface area contributed by atoms with Crippen LogP contribution in [0.3, 0.4) is 0 Å². The van der Waals surface area contributed by atoms with Gasteiger partial charge in [-0.1, -0.05) is 13.8 Å². The number of nitrogens with zero attached hydrogens (tertiary/aromatic N) is 2. The Morgan fingerprint density at radius 2 is 2.15 bits per heavy atom. The Morgan fingerprint density at radius 1 is 1.35 bits per heavy atom. The van der Waals surface area contributed by atoms with Crippen LogP contribution in [0.1, 0.15) is 32.9 Å². The standard InChI is InChI=1S/C20H29N3O2S/c1-5-25-16-7-6-14(10-17(16)24-4)19-22-15(12-26-19)11-23-9-8-18(21)20(2,3)13-23/h6-7,10,12,18H,5,8-9,11,13,21H2,1-4H3. The molecular weight excluding hydrogens is 346 g/mol. The average molecular weight is 376 g/mol. The van der Waals surface area contributed by atoms with Crippen molar-refractivity contribution in [3.63, 3.8) is 0 Å². The maximum Gasteiger partial charge on any atom is 0.161 e. The van der Waals surface area contributed by atoms with Gasteiger partial charge in [-0.2, -0.15) is 0 Å². The van der Waals surface area contributed by atoms with E-state index in [1.807, 2.05) is 25.1 Å². The third-order valence-electron chi connectivity index (χ3n) is 5.04. The van der Waals surface area contributed by atoms with Gasteiger partial charge in [0.1, 0.15) is 5.01 Å². The van der Waals surface area contributed by atoms with Gasteiger partial charge in [0.2, 0.25) is 0 Å². The first-order valence-corrected chi connectivity index (χ1v) is 10.0. The van der Waals surface area contributed by atoms with E-state index in [2.05, 4.69) is 24.1 Å². The van der Waals surface area contributed by atoms with Gasteiger partial charge in [-0.25, -0.2) is 4.98 Å². The van der Waals surface area contributed by atoms with Crippen LogP contribution < -0.4 is 15.2 Å². The van der Waals surface area contributed by atoms with Gasteiger partial charge in [0.05, 0.1) is 19.4 Å². The van der Waals surface area contributed by atoms with Gasteiger partial charge in [-0.15, -0.1) is 11.3 Å². The van der Waals surface area contributed by atoms with Crippen molar-refractivity contribution < 1.29 is 9.47 Å². The lowest BCUT2D eigenvalue weighted by Gasteiger charge is -2.42. The lowest BCUT2D eigenvalue weighted by Crippen LogP contribution is -2.52. The quantitative estimate of drug-likeness (QED) is 0.833. The molecule has 2 aromatic rings. The van der Waals surface area contributed by atoms with Gasteiger partial charge >= 0.3 is 0 Å². The molecule has 6 heteroatoms. The van der Waals surface area contributed by atoms with E-state index < -0.39 is 0 Å². The zero-order valence-corrected chi connectivity index (χ0v) is 16.9. The number of ether oxygens (including phenoxy) is 2. The molecule has 1 aromatic heterocycles. The van der Waals surface area contributed by atoms with Crippen molar-refractivity contribution in [3.05, 3.63) is 29.3 Å². The van der Waals surface area contributed by atoms with Gasteiger partial charge in [0.25, 0.3) is 0 Å². The first-order chi connectivity index (χ1) is 12.4. The Hall–Kier alpha value is -1.63. The summed E-state index contributed by atoms with van der Waals surface area (Å²) in [5.41, 5.74) is 8.57. The monoisotopic (exact) mass is 375 g/mol. The Morgan fingerprint density at radius 3 is 2.85 bits per heavy atom. The minimum atomic E-state index is 0.152. The molecule has 1 aromatic carbocycles. The van der Waals surface area contributed by atoms with Gasteiger partial charge in [-0.05, 0) is 37.0 Å². The molecular formula is C20H29N3O2S. The fraction of sp³-hybridized carbons (Fsp3) is 0.550. The molecule has 1 unspecified atom stereocenters. The van der Waals surface area contributed by atoms with Crippen LogP contribution in [0.2, 0.25) is 0 Å². The highest BCUT2D eigenvalue weighted by Gasteiger charge is 2.33. The molecule has 0 amide bonds. The molecule has 0 radical (unpaired) electrons. The van der Waals surface area contributed by atoms with Gasteiger partial charge in [0, 0.05) is 36.6 Å². The molecule has 0 bridgehead atoms. The molecule has 1 fully saturated rings. The second-order valence-corrected chi connectivity index (χ2v) is 8.40. The van der Waals surface area contributed by atoms with E-state index in [9.17, 15) is 0 Å². The third-order valence-corrected chi connectivity index (χ3v) is 5.98. The van der Waals surface area contributed by atoms with Gasteiger partial charge < -0.3 is 15.2 Å². The fourth-order valence-electron chi connectivity index (χ4n) is 3.44. The third kappa shape index (κ3) is 4.19. The smallest absolute Gasteiger partial charge is 0.161 e. The highest BCUT2D eigenvalue weighted by molar-refractivity contribution is 7.13. The van der Waals surface area contributed by atoms with Crippen LogP contribution >= 0.6 is 11.3 Å². The summed E-state index contributed by atoms with van der Waals surface area (Å²) in [6.07, 6.45) is 1.04. The molecule has 0 saturated carbocycles. The number of aromatic nitrogens is 1. The minimum Gasteiger partial charge on any atom is -0.493 e. The summed E-state index contributed by atoms with van der Waals surface area (Å²) in [5, 5.41) is 3.16. The van der Waals surface area contributed by atoms with E-state index in [4.69, 9.17) is 20.2 Å². The van der Waals surface area contributed by atoms with E-state index in [-0.39, 0.29) is 11.5 Å². The van der Waals surface area contributed by atoms with Crippen molar-refractivity contribution >= 4 is 11.3 Å². The minimum absolute atomic E-state index is 0.152. The number of rotatable bonds is 6. The number of benzene rings is 1. The molecule has 1 aliphatic heterocycles. The van der Waals surface area contributed by atoms with Crippen molar-refractivity contribution in [2.75, 3.05) is 26.8 Å². The number of likely N-dealkylation sites (tertiary alicyclic amines) is 1. The van der Waals surface area contributed by atoms with Crippen LogP contribution in [0, 0.1) is 5.41 Å². The highest BCUT2D eigenvalue weighted by atomic mass is 32.1. The van der Waals surface area contributed by atoms with Crippen molar-refractivity contribution in [1.29, 1.82) is 0 Å². The predicted molar refractivity (Wildman–Crippen MR) is 107 cm³/mol. The van der Waals surface area contributed by atoms with Crippen molar-refractivity contribution in [2.45, 2.75) is 39.8 Å². The first-order valence-electron chi connectivity index (χ1n) is 9.16. The van der Waals surface area contributed by atoms with Crippen LogP contribution in [-0.2, 0) is 6.54 Å². The van der Waals surface area contributed by atoms with Crippen LogP contribution in [0.4, 0.5) is 0 Å². The van der Waals surface area contributed by atoms with E-state index in [0.717, 1.165) is 53.8 Å². The summed E-state index contributed by atoms with van der Waals surface area (Å²) in [4.78, 5) is 7.30. The Labute approximate surface area is 160 Å². The number of methoxy groups -OCH3 is 1. The van der Waals surface area contributed by atoms with Crippen molar-refractivity contribution in [3.8, 4) is 22.1 Å². The predicted octanol–water partition coefficient (Wildman–Crippen LogP) is 3.78. The molecule has 1 aliphatic rings. The number of thiazole rings is 1. The molecule has 3 rings (SSSR count). The molecule has 0 aliphatic carbocycles. The zero-order chi connectivity index (χ0) is 18.7.